The molecule has 0 aromatic carbocycles. The van der Waals surface area contributed by atoms with Crippen molar-refractivity contribution in [2.75, 3.05) is 13.2 Å². The van der Waals surface area contributed by atoms with Gasteiger partial charge in [-0.2, -0.15) is 0 Å². The van der Waals surface area contributed by atoms with Crippen LogP contribution >= 0.6 is 0 Å². The van der Waals surface area contributed by atoms with Gasteiger partial charge in [-0.1, -0.05) is 315 Å². The molecule has 0 aromatic heterocycles. The minimum Gasteiger partial charge on any atom is -0.462 e. The van der Waals surface area contributed by atoms with Crippen molar-refractivity contribution < 1.29 is 28.6 Å². The summed E-state index contributed by atoms with van der Waals surface area (Å²) in [7, 11) is 0. The van der Waals surface area contributed by atoms with Crippen molar-refractivity contribution in [1.29, 1.82) is 0 Å². The summed E-state index contributed by atoms with van der Waals surface area (Å²) >= 11 is 0. The SMILES string of the molecule is CCCCCCCC/C=C\CCCCCCCCCCCC(=O)OCC(COC(=O)CCCCCCCCCCCCCCCCC)OC(=O)CCCCCCCCCCCCCCCCCCCCC. The molecule has 420 valence electrons. The lowest BCUT2D eigenvalue weighted by molar-refractivity contribution is -0.167. The minimum atomic E-state index is -0.766. The zero-order chi connectivity index (χ0) is 51.4. The fourth-order valence-electron chi connectivity index (χ4n) is 9.91. The van der Waals surface area contributed by atoms with Gasteiger partial charge in [-0.15, -0.1) is 0 Å². The lowest BCUT2D eigenvalue weighted by Gasteiger charge is -2.18. The topological polar surface area (TPSA) is 78.9 Å². The van der Waals surface area contributed by atoms with Crippen LogP contribution in [0.3, 0.4) is 0 Å². The number of hydrogen-bond donors (Lipinski definition) is 0. The predicted molar refractivity (Wildman–Crippen MR) is 307 cm³/mol. The Morgan fingerprint density at radius 1 is 0.268 bits per heavy atom. The predicted octanol–water partition coefficient (Wildman–Crippen LogP) is 21.7. The van der Waals surface area contributed by atoms with Gasteiger partial charge in [-0.3, -0.25) is 14.4 Å². The molecule has 0 aliphatic heterocycles. The second-order valence-corrected chi connectivity index (χ2v) is 22.0. The number of esters is 3. The average Bonchev–Trinajstić information content (AvgIpc) is 3.37. The maximum absolute atomic E-state index is 12.9. The summed E-state index contributed by atoms with van der Waals surface area (Å²) in [4.78, 5) is 38.3. The Balaban J connectivity index is 4.29. The molecule has 6 nitrogen and oxygen atoms in total. The van der Waals surface area contributed by atoms with Crippen LogP contribution in [0.25, 0.3) is 0 Å². The first-order valence-corrected chi connectivity index (χ1v) is 32.2. The quantitative estimate of drug-likeness (QED) is 0.0261. The normalized spacial score (nSPS) is 12.0. The molecule has 0 rings (SSSR count). The van der Waals surface area contributed by atoms with E-state index in [1.54, 1.807) is 0 Å². The highest BCUT2D eigenvalue weighted by Gasteiger charge is 2.19. The van der Waals surface area contributed by atoms with E-state index >= 15 is 0 Å². The standard InChI is InChI=1S/C65H124O6/c1-4-7-10-13-16-19-22-25-28-30-32-34-37-40-43-46-49-52-55-58-64(67)70-61-62(60-69-63(66)57-54-51-48-45-42-39-36-27-24-21-18-15-12-9-6-3)71-65(68)59-56-53-50-47-44-41-38-35-33-31-29-26-23-20-17-14-11-8-5-2/h25,28,62H,4-24,26-27,29-61H2,1-3H3/b28-25-. The van der Waals surface area contributed by atoms with Gasteiger partial charge in [0.25, 0.3) is 0 Å². The Labute approximate surface area is 443 Å². The summed E-state index contributed by atoms with van der Waals surface area (Å²) in [6.07, 6.45) is 70.7. The average molecular weight is 1000 g/mol. The molecule has 0 saturated heterocycles. The number of carbonyl (C=O) groups excluding carboxylic acids is 3. The molecule has 0 fully saturated rings. The van der Waals surface area contributed by atoms with Gasteiger partial charge in [0.05, 0.1) is 0 Å². The molecular weight excluding hydrogens is 877 g/mol. The first-order chi connectivity index (χ1) is 35.0. The summed E-state index contributed by atoms with van der Waals surface area (Å²) in [6, 6.07) is 0. The molecule has 0 spiro atoms. The molecule has 71 heavy (non-hydrogen) atoms. The maximum atomic E-state index is 12.9. The molecule has 0 amide bonds. The molecule has 0 radical (unpaired) electrons. The Hall–Kier alpha value is -1.85. The van der Waals surface area contributed by atoms with Gasteiger partial charge >= 0.3 is 17.9 Å². The Bertz CT molecular complexity index is 1100. The Morgan fingerprint density at radius 3 is 0.704 bits per heavy atom. The first kappa shape index (κ1) is 69.2. The van der Waals surface area contributed by atoms with Crippen LogP contribution in [-0.2, 0) is 28.6 Å². The van der Waals surface area contributed by atoms with Gasteiger partial charge in [0.2, 0.25) is 0 Å². The lowest BCUT2D eigenvalue weighted by Crippen LogP contribution is -2.30. The van der Waals surface area contributed by atoms with Gasteiger partial charge in [-0.25, -0.2) is 0 Å². The lowest BCUT2D eigenvalue weighted by atomic mass is 10.0. The Morgan fingerprint density at radius 2 is 0.465 bits per heavy atom. The summed E-state index contributed by atoms with van der Waals surface area (Å²) in [5, 5.41) is 0. The van der Waals surface area contributed by atoms with Crippen LogP contribution in [0, 0.1) is 0 Å². The molecule has 1 unspecified atom stereocenters. The molecule has 0 aliphatic rings. The number of hydrogen-bond acceptors (Lipinski definition) is 6. The zero-order valence-corrected chi connectivity index (χ0v) is 48.3. The summed E-state index contributed by atoms with van der Waals surface area (Å²) in [5.74, 6) is -0.834. The van der Waals surface area contributed by atoms with Gasteiger partial charge < -0.3 is 14.2 Å². The summed E-state index contributed by atoms with van der Waals surface area (Å²) < 4.78 is 17.0. The fourth-order valence-corrected chi connectivity index (χ4v) is 9.91. The number of carbonyl (C=O) groups is 3. The second kappa shape index (κ2) is 60.7. The minimum absolute atomic E-state index is 0.0637. The molecule has 0 bridgehead atoms. The molecule has 0 saturated carbocycles. The smallest absolute Gasteiger partial charge is 0.306 e. The number of ether oxygens (including phenoxy) is 3. The largest absolute Gasteiger partial charge is 0.462 e. The van der Waals surface area contributed by atoms with E-state index in [0.717, 1.165) is 57.8 Å². The molecule has 0 aromatic rings. The second-order valence-electron chi connectivity index (χ2n) is 22.0. The number of unbranched alkanes of at least 4 members (excludes halogenated alkanes) is 47. The fraction of sp³-hybridized carbons (Fsp3) is 0.923. The molecule has 6 heteroatoms. The highest BCUT2D eigenvalue weighted by molar-refractivity contribution is 5.71. The first-order valence-electron chi connectivity index (χ1n) is 32.2. The van der Waals surface area contributed by atoms with Crippen molar-refractivity contribution in [3.8, 4) is 0 Å². The van der Waals surface area contributed by atoms with Crippen molar-refractivity contribution in [2.45, 2.75) is 374 Å². The molecule has 1 atom stereocenters. The third kappa shape index (κ3) is 58.9. The number of rotatable bonds is 60. The number of allylic oxidation sites excluding steroid dienone is 2. The van der Waals surface area contributed by atoms with Crippen LogP contribution in [-0.4, -0.2) is 37.2 Å². The van der Waals surface area contributed by atoms with Gasteiger partial charge in [-0.05, 0) is 44.9 Å². The molecule has 0 heterocycles. The molecule has 0 aliphatic carbocycles. The van der Waals surface area contributed by atoms with E-state index in [4.69, 9.17) is 14.2 Å². The monoisotopic (exact) mass is 1000 g/mol. The van der Waals surface area contributed by atoms with Crippen LogP contribution in [0.4, 0.5) is 0 Å². The summed E-state index contributed by atoms with van der Waals surface area (Å²) in [5.41, 5.74) is 0. The van der Waals surface area contributed by atoms with Crippen molar-refractivity contribution >= 4 is 17.9 Å². The van der Waals surface area contributed by atoms with Crippen molar-refractivity contribution in [3.05, 3.63) is 12.2 Å². The van der Waals surface area contributed by atoms with Gasteiger partial charge in [0.15, 0.2) is 6.10 Å². The van der Waals surface area contributed by atoms with E-state index in [-0.39, 0.29) is 31.1 Å². The van der Waals surface area contributed by atoms with Crippen LogP contribution in [0.2, 0.25) is 0 Å². The maximum Gasteiger partial charge on any atom is 0.306 e. The molecular formula is C65H124O6. The third-order valence-corrected chi connectivity index (χ3v) is 14.8. The van der Waals surface area contributed by atoms with E-state index in [9.17, 15) is 14.4 Å². The van der Waals surface area contributed by atoms with E-state index in [2.05, 4.69) is 32.9 Å². The molecule has 0 N–H and O–H groups in total. The van der Waals surface area contributed by atoms with Crippen LogP contribution in [0.1, 0.15) is 367 Å². The van der Waals surface area contributed by atoms with E-state index in [0.29, 0.717) is 19.3 Å². The van der Waals surface area contributed by atoms with Crippen LogP contribution in [0.5, 0.6) is 0 Å². The highest BCUT2D eigenvalue weighted by atomic mass is 16.6. The van der Waals surface area contributed by atoms with Gasteiger partial charge in [0.1, 0.15) is 13.2 Å². The van der Waals surface area contributed by atoms with E-state index in [1.807, 2.05) is 0 Å². The van der Waals surface area contributed by atoms with Crippen molar-refractivity contribution in [2.24, 2.45) is 0 Å². The summed E-state index contributed by atoms with van der Waals surface area (Å²) in [6.45, 7) is 6.71. The van der Waals surface area contributed by atoms with Crippen molar-refractivity contribution in [1.82, 2.24) is 0 Å². The third-order valence-electron chi connectivity index (χ3n) is 14.8. The highest BCUT2D eigenvalue weighted by Crippen LogP contribution is 2.18. The van der Waals surface area contributed by atoms with Crippen molar-refractivity contribution in [3.63, 3.8) is 0 Å². The van der Waals surface area contributed by atoms with Crippen LogP contribution < -0.4 is 0 Å². The zero-order valence-electron chi connectivity index (χ0n) is 48.3. The van der Waals surface area contributed by atoms with E-state index < -0.39 is 6.10 Å². The van der Waals surface area contributed by atoms with Gasteiger partial charge in [0, 0.05) is 19.3 Å². The van der Waals surface area contributed by atoms with E-state index in [1.165, 1.54) is 270 Å². The Kier molecular flexibility index (Phi) is 59.1. The van der Waals surface area contributed by atoms with Crippen LogP contribution in [0.15, 0.2) is 12.2 Å².